The normalized spacial score (nSPS) is 11.6. The number of halogens is 2. The van der Waals surface area contributed by atoms with Crippen molar-refractivity contribution in [1.82, 2.24) is 9.78 Å². The topological polar surface area (TPSA) is 56.1 Å². The van der Waals surface area contributed by atoms with Gasteiger partial charge in [0.1, 0.15) is 11.4 Å². The van der Waals surface area contributed by atoms with Gasteiger partial charge in [0.25, 0.3) is 0 Å². The lowest BCUT2D eigenvalue weighted by molar-refractivity contribution is 0.0636. The molecule has 3 rings (SSSR count). The van der Waals surface area contributed by atoms with Crippen LogP contribution < -0.4 is 5.32 Å². The van der Waals surface area contributed by atoms with Crippen LogP contribution in [0.25, 0.3) is 10.9 Å². The first kappa shape index (κ1) is 18.4. The third-order valence-corrected chi connectivity index (χ3v) is 4.18. The molecule has 0 bridgehead atoms. The van der Waals surface area contributed by atoms with Gasteiger partial charge >= 0.3 is 6.09 Å². The highest BCUT2D eigenvalue weighted by Gasteiger charge is 2.17. The molecule has 7 heteroatoms. The number of fused-ring (bicyclic) bond motifs is 1. The van der Waals surface area contributed by atoms with Gasteiger partial charge in [0.2, 0.25) is 0 Å². The molecule has 0 aliphatic heterocycles. The minimum Gasteiger partial charge on any atom is -0.444 e. The Kier molecular flexibility index (Phi) is 5.00. The summed E-state index contributed by atoms with van der Waals surface area (Å²) in [5.74, 6) is -0.264. The fraction of sp³-hybridized carbons (Fsp3) is 0.263. The number of rotatable bonds is 3. The molecule has 1 amide bonds. The molecule has 136 valence electrons. The van der Waals surface area contributed by atoms with Crippen LogP contribution >= 0.6 is 15.9 Å². The molecule has 1 heterocycles. The quantitative estimate of drug-likeness (QED) is 0.623. The Labute approximate surface area is 159 Å². The average Bonchev–Trinajstić information content (AvgIpc) is 2.90. The zero-order chi connectivity index (χ0) is 18.9. The molecule has 5 nitrogen and oxygen atoms in total. The van der Waals surface area contributed by atoms with Crippen molar-refractivity contribution in [3.63, 3.8) is 0 Å². The number of carbonyl (C=O) groups excluding carboxylic acids is 1. The summed E-state index contributed by atoms with van der Waals surface area (Å²) in [4.78, 5) is 11.9. The van der Waals surface area contributed by atoms with E-state index in [0.717, 1.165) is 20.9 Å². The van der Waals surface area contributed by atoms with Crippen LogP contribution in [0.5, 0.6) is 0 Å². The van der Waals surface area contributed by atoms with Crippen molar-refractivity contribution in [1.29, 1.82) is 0 Å². The highest BCUT2D eigenvalue weighted by molar-refractivity contribution is 9.10. The predicted molar refractivity (Wildman–Crippen MR) is 103 cm³/mol. The van der Waals surface area contributed by atoms with E-state index in [2.05, 4.69) is 26.3 Å². The summed E-state index contributed by atoms with van der Waals surface area (Å²) in [5, 5.41) is 8.17. The average molecular weight is 420 g/mol. The lowest BCUT2D eigenvalue weighted by Crippen LogP contribution is -2.27. The number of amides is 1. The van der Waals surface area contributed by atoms with Crippen molar-refractivity contribution >= 4 is 38.6 Å². The minimum absolute atomic E-state index is 0.264. The molecule has 0 aliphatic carbocycles. The summed E-state index contributed by atoms with van der Waals surface area (Å²) in [6.45, 7) is 5.95. The Balaban J connectivity index is 1.82. The monoisotopic (exact) mass is 419 g/mol. The Bertz CT molecular complexity index is 946. The third kappa shape index (κ3) is 4.60. The third-order valence-electron chi connectivity index (χ3n) is 3.53. The van der Waals surface area contributed by atoms with Gasteiger partial charge in [-0.25, -0.2) is 9.18 Å². The van der Waals surface area contributed by atoms with E-state index < -0.39 is 11.7 Å². The minimum atomic E-state index is -0.567. The maximum atomic E-state index is 13.0. The van der Waals surface area contributed by atoms with Crippen LogP contribution in [0.15, 0.2) is 47.1 Å². The zero-order valence-electron chi connectivity index (χ0n) is 14.7. The van der Waals surface area contributed by atoms with Gasteiger partial charge in [0.05, 0.1) is 12.1 Å². The fourth-order valence-corrected chi connectivity index (χ4v) is 3.03. The molecule has 0 spiro atoms. The summed E-state index contributed by atoms with van der Waals surface area (Å²) < 4.78 is 20.9. The summed E-state index contributed by atoms with van der Waals surface area (Å²) in [7, 11) is 0. The van der Waals surface area contributed by atoms with Crippen LogP contribution in [0.2, 0.25) is 0 Å². The Morgan fingerprint density at radius 3 is 2.62 bits per heavy atom. The van der Waals surface area contributed by atoms with Crippen molar-refractivity contribution < 1.29 is 13.9 Å². The molecular formula is C19H19BrFN3O2. The first-order valence-corrected chi connectivity index (χ1v) is 8.90. The van der Waals surface area contributed by atoms with Gasteiger partial charge in [-0.1, -0.05) is 12.1 Å². The number of hydrogen-bond donors (Lipinski definition) is 1. The lowest BCUT2D eigenvalue weighted by Gasteiger charge is -2.19. The van der Waals surface area contributed by atoms with E-state index in [1.807, 2.05) is 27.0 Å². The van der Waals surface area contributed by atoms with Gasteiger partial charge in [-0.05, 0) is 66.5 Å². The van der Waals surface area contributed by atoms with E-state index in [0.29, 0.717) is 12.2 Å². The molecule has 26 heavy (non-hydrogen) atoms. The standard InChI is InChI=1S/C19H19BrFN3O2/c1-19(2,3)26-18(25)22-14-8-16(20)15-11-24(23-17(15)9-14)10-12-4-6-13(21)7-5-12/h4-9,11H,10H2,1-3H3,(H,22,25). The van der Waals surface area contributed by atoms with E-state index in [1.165, 1.54) is 12.1 Å². The lowest BCUT2D eigenvalue weighted by atomic mass is 10.2. The summed E-state index contributed by atoms with van der Waals surface area (Å²) in [6.07, 6.45) is 1.38. The summed E-state index contributed by atoms with van der Waals surface area (Å²) in [5.41, 5.74) is 1.70. The molecule has 0 saturated heterocycles. The van der Waals surface area contributed by atoms with Crippen molar-refractivity contribution in [2.45, 2.75) is 32.9 Å². The highest BCUT2D eigenvalue weighted by atomic mass is 79.9. The van der Waals surface area contributed by atoms with Crippen LogP contribution in [0.3, 0.4) is 0 Å². The number of anilines is 1. The van der Waals surface area contributed by atoms with Gasteiger partial charge in [-0.2, -0.15) is 5.10 Å². The van der Waals surface area contributed by atoms with Crippen LogP contribution in [-0.4, -0.2) is 21.5 Å². The molecule has 2 aromatic carbocycles. The van der Waals surface area contributed by atoms with Gasteiger partial charge in [-0.3, -0.25) is 10.00 Å². The van der Waals surface area contributed by atoms with E-state index in [9.17, 15) is 9.18 Å². The molecule has 1 aromatic heterocycles. The van der Waals surface area contributed by atoms with Gasteiger partial charge in [0, 0.05) is 21.7 Å². The number of ether oxygens (including phenoxy) is 1. The summed E-state index contributed by atoms with van der Waals surface area (Å²) in [6, 6.07) is 9.90. The number of carbonyl (C=O) groups is 1. The van der Waals surface area contributed by atoms with E-state index >= 15 is 0 Å². The Hall–Kier alpha value is -2.41. The second kappa shape index (κ2) is 7.07. The van der Waals surface area contributed by atoms with Crippen molar-refractivity contribution in [3.8, 4) is 0 Å². The molecule has 0 saturated carbocycles. The first-order chi connectivity index (χ1) is 12.2. The van der Waals surface area contributed by atoms with Crippen molar-refractivity contribution in [2.75, 3.05) is 5.32 Å². The predicted octanol–water partition coefficient (Wildman–Crippen LogP) is 5.33. The second-order valence-electron chi connectivity index (χ2n) is 6.97. The smallest absolute Gasteiger partial charge is 0.412 e. The maximum Gasteiger partial charge on any atom is 0.412 e. The van der Waals surface area contributed by atoms with E-state index in [-0.39, 0.29) is 5.82 Å². The number of hydrogen-bond acceptors (Lipinski definition) is 3. The number of benzene rings is 2. The Morgan fingerprint density at radius 2 is 1.96 bits per heavy atom. The largest absolute Gasteiger partial charge is 0.444 e. The highest BCUT2D eigenvalue weighted by Crippen LogP contribution is 2.28. The number of nitrogens with one attached hydrogen (secondary N) is 1. The van der Waals surface area contributed by atoms with Gasteiger partial charge in [0.15, 0.2) is 0 Å². The van der Waals surface area contributed by atoms with Crippen molar-refractivity contribution in [3.05, 3.63) is 58.4 Å². The maximum absolute atomic E-state index is 13.0. The van der Waals surface area contributed by atoms with Crippen molar-refractivity contribution in [2.24, 2.45) is 0 Å². The second-order valence-corrected chi connectivity index (χ2v) is 7.83. The number of aromatic nitrogens is 2. The SMILES string of the molecule is CC(C)(C)OC(=O)Nc1cc(Br)c2cn(Cc3ccc(F)cc3)nc2c1. The summed E-state index contributed by atoms with van der Waals surface area (Å²) >= 11 is 3.51. The molecular weight excluding hydrogens is 401 g/mol. The molecule has 0 unspecified atom stereocenters. The molecule has 3 aromatic rings. The van der Waals surface area contributed by atoms with Crippen LogP contribution in [-0.2, 0) is 11.3 Å². The molecule has 0 radical (unpaired) electrons. The molecule has 0 atom stereocenters. The zero-order valence-corrected chi connectivity index (χ0v) is 16.3. The van der Waals surface area contributed by atoms with Gasteiger partial charge < -0.3 is 4.74 Å². The fourth-order valence-electron chi connectivity index (χ4n) is 2.48. The molecule has 0 fully saturated rings. The molecule has 1 N–H and O–H groups in total. The van der Waals surface area contributed by atoms with E-state index in [1.54, 1.807) is 28.9 Å². The van der Waals surface area contributed by atoms with E-state index in [4.69, 9.17) is 4.74 Å². The Morgan fingerprint density at radius 1 is 1.27 bits per heavy atom. The number of nitrogens with zero attached hydrogens (tertiary/aromatic N) is 2. The van der Waals surface area contributed by atoms with Gasteiger partial charge in [-0.15, -0.1) is 0 Å². The molecule has 0 aliphatic rings. The van der Waals surface area contributed by atoms with Crippen LogP contribution in [0.1, 0.15) is 26.3 Å². The van der Waals surface area contributed by atoms with Crippen LogP contribution in [0, 0.1) is 5.82 Å². The first-order valence-electron chi connectivity index (χ1n) is 8.11. The van der Waals surface area contributed by atoms with Crippen LogP contribution in [0.4, 0.5) is 14.9 Å².